The van der Waals surface area contributed by atoms with E-state index in [4.69, 9.17) is 11.6 Å². The summed E-state index contributed by atoms with van der Waals surface area (Å²) < 4.78 is 28.4. The Labute approximate surface area is 205 Å². The molecule has 3 nitrogen and oxygen atoms in total. The van der Waals surface area contributed by atoms with Gasteiger partial charge in [0.2, 0.25) is 0 Å². The molecule has 5 rings (SSSR count). The minimum Gasteiger partial charge on any atom is -0.345 e. The number of hydrogen-bond acceptors (Lipinski definition) is 2. The maximum atomic E-state index is 14.2. The van der Waals surface area contributed by atoms with Crippen LogP contribution < -0.4 is 4.90 Å². The van der Waals surface area contributed by atoms with Crippen molar-refractivity contribution < 1.29 is 13.6 Å². The van der Waals surface area contributed by atoms with Crippen LogP contribution in [0, 0.1) is 17.6 Å². The van der Waals surface area contributed by atoms with E-state index in [9.17, 15) is 13.6 Å². The molecule has 1 saturated heterocycles. The summed E-state index contributed by atoms with van der Waals surface area (Å²) in [5.41, 5.74) is 5.13. The molecule has 0 unspecified atom stereocenters. The van der Waals surface area contributed by atoms with Gasteiger partial charge < -0.3 is 9.80 Å². The van der Waals surface area contributed by atoms with Crippen molar-refractivity contribution in [2.45, 2.75) is 57.8 Å². The van der Waals surface area contributed by atoms with Crippen LogP contribution in [0.5, 0.6) is 0 Å². The highest BCUT2D eigenvalue weighted by Gasteiger charge is 2.33. The number of carbonyl (C=O) groups is 1. The van der Waals surface area contributed by atoms with Crippen LogP contribution in [0.3, 0.4) is 0 Å². The smallest absolute Gasteiger partial charge is 0.259 e. The van der Waals surface area contributed by atoms with Gasteiger partial charge in [-0.2, -0.15) is 0 Å². The predicted molar refractivity (Wildman–Crippen MR) is 132 cm³/mol. The van der Waals surface area contributed by atoms with Crippen LogP contribution in [-0.2, 0) is 6.42 Å². The van der Waals surface area contributed by atoms with Gasteiger partial charge in [0.1, 0.15) is 17.2 Å². The van der Waals surface area contributed by atoms with Gasteiger partial charge in [0.05, 0.1) is 0 Å². The fraction of sp³-hybridized carbons (Fsp3) is 0.464. The normalized spacial score (nSPS) is 19.2. The highest BCUT2D eigenvalue weighted by molar-refractivity contribution is 6.30. The van der Waals surface area contributed by atoms with E-state index in [0.29, 0.717) is 19.0 Å². The standard InChI is InChI=1S/C28H31ClF2N2O/c29-22-11-12-25-21(18-22)8-3-4-15-33(25)27(19-6-1-2-7-19)20-13-16-32(17-14-20)28(34)26-23(30)9-5-10-24(26)31/h5,9-12,18,20H,1-4,6-8,13-17H2. The van der Waals surface area contributed by atoms with E-state index in [-0.39, 0.29) is 0 Å². The number of likely N-dealkylation sites (tertiary alicyclic amines) is 1. The number of allylic oxidation sites excluding steroid dienone is 2. The fourth-order valence-electron chi connectivity index (χ4n) is 5.95. The minimum atomic E-state index is -0.791. The number of nitrogens with zero attached hydrogens (tertiary/aromatic N) is 2. The molecule has 0 aromatic heterocycles. The molecule has 1 amide bonds. The molecule has 1 saturated carbocycles. The Morgan fingerprint density at radius 1 is 0.882 bits per heavy atom. The predicted octanol–water partition coefficient (Wildman–Crippen LogP) is 7.14. The van der Waals surface area contributed by atoms with Gasteiger partial charge in [-0.15, -0.1) is 0 Å². The molecule has 180 valence electrons. The molecule has 0 bridgehead atoms. The van der Waals surface area contributed by atoms with E-state index in [1.807, 2.05) is 6.07 Å². The van der Waals surface area contributed by atoms with Crippen LogP contribution in [0.25, 0.3) is 0 Å². The Balaban J connectivity index is 1.41. The highest BCUT2D eigenvalue weighted by Crippen LogP contribution is 2.41. The van der Waals surface area contributed by atoms with Gasteiger partial charge in [-0.05, 0) is 93.7 Å². The van der Waals surface area contributed by atoms with Gasteiger partial charge in [-0.25, -0.2) is 8.78 Å². The number of carbonyl (C=O) groups excluding carboxylic acids is 1. The topological polar surface area (TPSA) is 23.6 Å². The third kappa shape index (κ3) is 4.59. The number of amides is 1. The third-order valence-corrected chi connectivity index (χ3v) is 7.85. The number of benzene rings is 2. The maximum Gasteiger partial charge on any atom is 0.259 e. The van der Waals surface area contributed by atoms with Crippen LogP contribution >= 0.6 is 11.6 Å². The molecule has 0 N–H and O–H groups in total. The lowest BCUT2D eigenvalue weighted by atomic mass is 9.88. The molecule has 34 heavy (non-hydrogen) atoms. The Hall–Kier alpha value is -2.40. The second kappa shape index (κ2) is 10.1. The number of piperidine rings is 1. The molecule has 0 atom stereocenters. The molecule has 6 heteroatoms. The van der Waals surface area contributed by atoms with Gasteiger partial charge >= 0.3 is 0 Å². The summed E-state index contributed by atoms with van der Waals surface area (Å²) in [6, 6.07) is 9.84. The zero-order valence-electron chi connectivity index (χ0n) is 19.5. The molecule has 2 fully saturated rings. The molecule has 2 aromatic rings. The molecular formula is C28H31ClF2N2O. The highest BCUT2D eigenvalue weighted by atomic mass is 35.5. The molecule has 2 aromatic carbocycles. The van der Waals surface area contributed by atoms with E-state index < -0.39 is 23.1 Å². The molecule has 2 aliphatic heterocycles. The average Bonchev–Trinajstić information content (AvgIpc) is 3.28. The number of fused-ring (bicyclic) bond motifs is 1. The number of hydrogen-bond donors (Lipinski definition) is 0. The van der Waals surface area contributed by atoms with Crippen LogP contribution in [-0.4, -0.2) is 30.4 Å². The fourth-order valence-corrected chi connectivity index (χ4v) is 6.14. The number of halogens is 3. The summed E-state index contributed by atoms with van der Waals surface area (Å²) in [6.45, 7) is 2.01. The van der Waals surface area contributed by atoms with Crippen molar-refractivity contribution in [3.05, 3.63) is 75.5 Å². The first kappa shape index (κ1) is 23.3. The Morgan fingerprint density at radius 3 is 2.26 bits per heavy atom. The lowest BCUT2D eigenvalue weighted by molar-refractivity contribution is 0.0691. The first-order chi connectivity index (χ1) is 16.5. The number of anilines is 1. The number of aryl methyl sites for hydroxylation is 1. The summed E-state index contributed by atoms with van der Waals surface area (Å²) in [7, 11) is 0. The first-order valence-corrected chi connectivity index (χ1v) is 12.9. The largest absolute Gasteiger partial charge is 0.345 e. The van der Waals surface area contributed by atoms with Gasteiger partial charge in [0, 0.05) is 42.0 Å². The molecule has 2 heterocycles. The average molecular weight is 485 g/mol. The molecule has 0 radical (unpaired) electrons. The van der Waals surface area contributed by atoms with Crippen molar-refractivity contribution in [2.75, 3.05) is 24.5 Å². The Kier molecular flexibility index (Phi) is 6.91. The molecular weight excluding hydrogens is 454 g/mol. The maximum absolute atomic E-state index is 14.2. The van der Waals surface area contributed by atoms with Crippen molar-refractivity contribution in [1.82, 2.24) is 4.90 Å². The van der Waals surface area contributed by atoms with E-state index in [1.165, 1.54) is 35.9 Å². The Morgan fingerprint density at radius 2 is 1.56 bits per heavy atom. The van der Waals surface area contributed by atoms with Crippen LogP contribution in [0.15, 0.2) is 47.7 Å². The van der Waals surface area contributed by atoms with Crippen LogP contribution in [0.1, 0.15) is 67.3 Å². The second-order valence-electron chi connectivity index (χ2n) is 9.74. The van der Waals surface area contributed by atoms with E-state index >= 15 is 0 Å². The van der Waals surface area contributed by atoms with Gasteiger partial charge in [-0.3, -0.25) is 4.79 Å². The zero-order chi connectivity index (χ0) is 23.7. The van der Waals surface area contributed by atoms with Gasteiger partial charge in [-0.1, -0.05) is 23.2 Å². The quantitative estimate of drug-likeness (QED) is 0.462. The third-order valence-electron chi connectivity index (χ3n) is 7.62. The van der Waals surface area contributed by atoms with Crippen LogP contribution in [0.2, 0.25) is 5.02 Å². The first-order valence-electron chi connectivity index (χ1n) is 12.5. The summed E-state index contributed by atoms with van der Waals surface area (Å²) >= 11 is 6.33. The minimum absolute atomic E-state index is 0.337. The Bertz CT molecular complexity index is 1080. The van der Waals surface area contributed by atoms with Crippen molar-refractivity contribution >= 4 is 23.2 Å². The van der Waals surface area contributed by atoms with Gasteiger partial charge in [0.25, 0.3) is 5.91 Å². The van der Waals surface area contributed by atoms with E-state index in [1.54, 1.807) is 10.5 Å². The van der Waals surface area contributed by atoms with Crippen molar-refractivity contribution in [1.29, 1.82) is 0 Å². The lowest BCUT2D eigenvalue weighted by Gasteiger charge is -2.39. The molecule has 1 aliphatic carbocycles. The number of rotatable bonds is 3. The van der Waals surface area contributed by atoms with Crippen LogP contribution in [0.4, 0.5) is 14.5 Å². The summed E-state index contributed by atoms with van der Waals surface area (Å²) in [5, 5.41) is 0.780. The second-order valence-corrected chi connectivity index (χ2v) is 10.2. The lowest BCUT2D eigenvalue weighted by Crippen LogP contribution is -2.42. The van der Waals surface area contributed by atoms with E-state index in [0.717, 1.165) is 68.6 Å². The van der Waals surface area contributed by atoms with E-state index in [2.05, 4.69) is 17.0 Å². The van der Waals surface area contributed by atoms with Gasteiger partial charge in [0.15, 0.2) is 0 Å². The summed E-state index contributed by atoms with van der Waals surface area (Å²) in [4.78, 5) is 17.1. The van der Waals surface area contributed by atoms with Crippen molar-refractivity contribution in [2.24, 2.45) is 5.92 Å². The zero-order valence-corrected chi connectivity index (χ0v) is 20.2. The molecule has 0 spiro atoms. The summed E-state index contributed by atoms with van der Waals surface area (Å²) in [6.07, 6.45) is 9.65. The summed E-state index contributed by atoms with van der Waals surface area (Å²) in [5.74, 6) is -1.79. The monoisotopic (exact) mass is 484 g/mol. The van der Waals surface area contributed by atoms with Crippen molar-refractivity contribution in [3.63, 3.8) is 0 Å². The van der Waals surface area contributed by atoms with Crippen molar-refractivity contribution in [3.8, 4) is 0 Å². The molecule has 3 aliphatic rings. The SMILES string of the molecule is O=C(c1c(F)cccc1F)N1CCC(C(=C2CCCC2)N2CCCCc3cc(Cl)ccc32)CC1.